The minimum Gasteiger partial charge on any atom is -0.348 e. The molecule has 3 aromatic rings. The van der Waals surface area contributed by atoms with E-state index in [1.165, 1.54) is 6.07 Å². The fraction of sp³-hybridized carbons (Fsp3) is 0. The maximum Gasteiger partial charge on any atom is 0.273 e. The van der Waals surface area contributed by atoms with E-state index in [2.05, 4.69) is 25.2 Å². The van der Waals surface area contributed by atoms with Gasteiger partial charge in [0.25, 0.3) is 5.56 Å². The number of nitrogens with zero attached hydrogens (tertiary/aromatic N) is 2. The number of H-pyrrole nitrogens is 1. The third-order valence-electron chi connectivity index (χ3n) is 2.47. The lowest BCUT2D eigenvalue weighted by Gasteiger charge is -2.06. The minimum atomic E-state index is -0.681. The summed E-state index contributed by atoms with van der Waals surface area (Å²) in [6.45, 7) is 0. The zero-order chi connectivity index (χ0) is 13.4. The van der Waals surface area contributed by atoms with Crippen LogP contribution in [0.1, 0.15) is 0 Å². The molecule has 2 heterocycles. The molecule has 0 spiro atoms. The van der Waals surface area contributed by atoms with Gasteiger partial charge in [-0.15, -0.1) is 0 Å². The predicted octanol–water partition coefficient (Wildman–Crippen LogP) is 1.93. The van der Waals surface area contributed by atoms with E-state index in [-0.39, 0.29) is 17.0 Å². The first-order chi connectivity index (χ1) is 9.13. The van der Waals surface area contributed by atoms with Crippen molar-refractivity contribution in [1.29, 1.82) is 0 Å². The average molecular weight is 264 g/mol. The molecule has 3 rings (SSSR count). The second-order valence-electron chi connectivity index (χ2n) is 3.76. The van der Waals surface area contributed by atoms with Crippen LogP contribution in [0.2, 0.25) is 0 Å². The summed E-state index contributed by atoms with van der Waals surface area (Å²) >= 11 is 0. The number of anilines is 2. The van der Waals surface area contributed by atoms with Gasteiger partial charge in [-0.2, -0.15) is 0 Å². The Kier molecular flexibility index (Phi) is 2.48. The normalized spacial score (nSPS) is 10.8. The molecule has 0 atom stereocenters. The highest BCUT2D eigenvalue weighted by molar-refractivity contribution is 5.74. The Morgan fingerprint density at radius 3 is 2.84 bits per heavy atom. The van der Waals surface area contributed by atoms with Crippen LogP contribution < -0.4 is 10.9 Å². The number of hydrogen-bond acceptors (Lipinski definition) is 5. The number of fused-ring (bicyclic) bond motifs is 1. The fourth-order valence-electron chi connectivity index (χ4n) is 1.59. The summed E-state index contributed by atoms with van der Waals surface area (Å²) < 4.78 is 30.9. The van der Waals surface area contributed by atoms with Gasteiger partial charge in [0.1, 0.15) is 17.3 Å². The number of pyridine rings is 1. The summed E-state index contributed by atoms with van der Waals surface area (Å²) in [6.07, 6.45) is 0. The highest BCUT2D eigenvalue weighted by Gasteiger charge is 2.10. The van der Waals surface area contributed by atoms with E-state index in [1.807, 2.05) is 0 Å². The minimum absolute atomic E-state index is 0.00713. The summed E-state index contributed by atoms with van der Waals surface area (Å²) in [7, 11) is 0. The van der Waals surface area contributed by atoms with Crippen molar-refractivity contribution < 1.29 is 13.4 Å². The molecule has 96 valence electrons. The number of nitrogens with one attached hydrogen (secondary N) is 2. The molecule has 19 heavy (non-hydrogen) atoms. The summed E-state index contributed by atoms with van der Waals surface area (Å²) in [5, 5.41) is 9.49. The van der Waals surface area contributed by atoms with Crippen molar-refractivity contribution in [3.05, 3.63) is 46.3 Å². The molecule has 0 fully saturated rings. The summed E-state index contributed by atoms with van der Waals surface area (Å²) in [5.41, 5.74) is -0.227. The number of aromatic nitrogens is 3. The molecule has 0 amide bonds. The number of halogens is 2. The van der Waals surface area contributed by atoms with Gasteiger partial charge in [-0.3, -0.25) is 4.79 Å². The van der Waals surface area contributed by atoms with Crippen molar-refractivity contribution in [2.24, 2.45) is 0 Å². The van der Waals surface area contributed by atoms with Gasteiger partial charge in [-0.1, -0.05) is 0 Å². The molecule has 0 saturated carbocycles. The molecule has 0 unspecified atom stereocenters. The number of rotatable bonds is 2. The maximum atomic E-state index is 13.5. The van der Waals surface area contributed by atoms with Crippen LogP contribution in [-0.4, -0.2) is 15.3 Å². The molecule has 1 aromatic carbocycles. The molecule has 2 N–H and O–H groups in total. The van der Waals surface area contributed by atoms with Gasteiger partial charge in [0, 0.05) is 12.1 Å². The summed E-state index contributed by atoms with van der Waals surface area (Å²) in [4.78, 5) is 14.1. The Labute approximate surface area is 104 Å². The summed E-state index contributed by atoms with van der Waals surface area (Å²) in [6, 6.07) is 4.21. The SMILES string of the molecule is O=c1[nH]c2nonc2cc1Nc1cc(F)ccc1F. The lowest BCUT2D eigenvalue weighted by atomic mass is 10.2. The van der Waals surface area contributed by atoms with Crippen molar-refractivity contribution in [2.75, 3.05) is 5.32 Å². The van der Waals surface area contributed by atoms with Crippen molar-refractivity contribution in [1.82, 2.24) is 15.3 Å². The van der Waals surface area contributed by atoms with Crippen LogP contribution in [-0.2, 0) is 0 Å². The van der Waals surface area contributed by atoms with Gasteiger partial charge in [-0.05, 0) is 22.4 Å². The zero-order valence-electron chi connectivity index (χ0n) is 9.28. The number of hydrogen-bond donors (Lipinski definition) is 2. The largest absolute Gasteiger partial charge is 0.348 e. The van der Waals surface area contributed by atoms with Crippen molar-refractivity contribution in [3.8, 4) is 0 Å². The maximum absolute atomic E-state index is 13.5. The molecule has 0 aliphatic heterocycles. The van der Waals surface area contributed by atoms with Gasteiger partial charge in [-0.25, -0.2) is 13.4 Å². The summed E-state index contributed by atoms with van der Waals surface area (Å²) in [5.74, 6) is -1.30. The Bertz CT molecular complexity index is 812. The van der Waals surface area contributed by atoms with Crippen LogP contribution in [0.4, 0.5) is 20.2 Å². The quantitative estimate of drug-likeness (QED) is 0.738. The lowest BCUT2D eigenvalue weighted by Crippen LogP contribution is -2.11. The second-order valence-corrected chi connectivity index (χ2v) is 3.76. The van der Waals surface area contributed by atoms with E-state index in [1.54, 1.807) is 0 Å². The topological polar surface area (TPSA) is 83.8 Å². The van der Waals surface area contributed by atoms with Crippen molar-refractivity contribution >= 4 is 22.5 Å². The molecule has 0 saturated heterocycles. The first-order valence-electron chi connectivity index (χ1n) is 5.21. The number of benzene rings is 1. The van der Waals surface area contributed by atoms with Crippen LogP contribution >= 0.6 is 0 Å². The lowest BCUT2D eigenvalue weighted by molar-refractivity contribution is 0.314. The average Bonchev–Trinajstić information content (AvgIpc) is 2.81. The monoisotopic (exact) mass is 264 g/mol. The van der Waals surface area contributed by atoms with Crippen LogP contribution in [0.5, 0.6) is 0 Å². The Morgan fingerprint density at radius 1 is 1.16 bits per heavy atom. The van der Waals surface area contributed by atoms with Crippen molar-refractivity contribution in [3.63, 3.8) is 0 Å². The van der Waals surface area contributed by atoms with Crippen LogP contribution in [0.15, 0.2) is 33.7 Å². The van der Waals surface area contributed by atoms with Crippen molar-refractivity contribution in [2.45, 2.75) is 0 Å². The van der Waals surface area contributed by atoms with Gasteiger partial charge in [0.15, 0.2) is 5.52 Å². The molecule has 0 bridgehead atoms. The molecule has 0 aliphatic carbocycles. The molecule has 8 heteroatoms. The van der Waals surface area contributed by atoms with Crippen LogP contribution in [0, 0.1) is 11.6 Å². The standard InChI is InChI=1S/C11H6F2N4O2/c12-5-1-2-6(13)7(3-5)14-9-4-8-10(15-11(9)18)17-19-16-8/h1-4,14H,(H,15,17,18). The highest BCUT2D eigenvalue weighted by atomic mass is 19.1. The second kappa shape index (κ2) is 4.16. The third-order valence-corrected chi connectivity index (χ3v) is 2.47. The molecule has 2 aromatic heterocycles. The van der Waals surface area contributed by atoms with Gasteiger partial charge in [0.2, 0.25) is 5.65 Å². The third kappa shape index (κ3) is 2.03. The van der Waals surface area contributed by atoms with Gasteiger partial charge in [0.05, 0.1) is 5.69 Å². The number of aromatic amines is 1. The molecular weight excluding hydrogens is 258 g/mol. The molecular formula is C11H6F2N4O2. The highest BCUT2D eigenvalue weighted by Crippen LogP contribution is 2.20. The van der Waals surface area contributed by atoms with E-state index in [4.69, 9.17) is 0 Å². The van der Waals surface area contributed by atoms with Crippen LogP contribution in [0.3, 0.4) is 0 Å². The molecule has 0 radical (unpaired) electrons. The fourth-order valence-corrected chi connectivity index (χ4v) is 1.59. The molecule has 6 nitrogen and oxygen atoms in total. The van der Waals surface area contributed by atoms with E-state index in [0.29, 0.717) is 5.52 Å². The van der Waals surface area contributed by atoms with E-state index in [0.717, 1.165) is 18.2 Å². The van der Waals surface area contributed by atoms with E-state index < -0.39 is 17.2 Å². The Hall–Kier alpha value is -2.77. The van der Waals surface area contributed by atoms with E-state index in [9.17, 15) is 13.6 Å². The Morgan fingerprint density at radius 2 is 2.00 bits per heavy atom. The molecule has 0 aliphatic rings. The predicted molar refractivity (Wildman–Crippen MR) is 62.1 cm³/mol. The zero-order valence-corrected chi connectivity index (χ0v) is 9.28. The first kappa shape index (κ1) is 11.3. The van der Waals surface area contributed by atoms with E-state index >= 15 is 0 Å². The van der Waals surface area contributed by atoms with Gasteiger partial charge < -0.3 is 10.3 Å². The van der Waals surface area contributed by atoms with Gasteiger partial charge >= 0.3 is 0 Å². The smallest absolute Gasteiger partial charge is 0.273 e. The first-order valence-corrected chi connectivity index (χ1v) is 5.21. The van der Waals surface area contributed by atoms with Crippen LogP contribution in [0.25, 0.3) is 11.2 Å². The Balaban J connectivity index is 2.07.